The van der Waals surface area contributed by atoms with Crippen molar-refractivity contribution in [2.75, 3.05) is 49.6 Å². The number of ether oxygens (including phenoxy) is 2. The summed E-state index contributed by atoms with van der Waals surface area (Å²) in [6.07, 6.45) is 8.22. The molecule has 2 aliphatic heterocycles. The number of likely N-dealkylation sites (N-methyl/N-ethyl adjacent to an activating group) is 1. The molecule has 8 N–H and O–H groups in total. The van der Waals surface area contributed by atoms with E-state index in [1.54, 1.807) is 0 Å². The Morgan fingerprint density at radius 1 is 0.736 bits per heavy atom. The first kappa shape index (κ1) is 44.7. The van der Waals surface area contributed by atoms with Crippen molar-refractivity contribution in [3.8, 4) is 11.5 Å². The smallest absolute Gasteiger partial charge is 0.175 e. The molecule has 0 amide bonds. The van der Waals surface area contributed by atoms with E-state index in [0.29, 0.717) is 5.11 Å². The molecule has 0 aromatic heterocycles. The van der Waals surface area contributed by atoms with Crippen molar-refractivity contribution in [3.63, 3.8) is 0 Å². The molecule has 0 aliphatic carbocycles. The number of thiocarbonyl (C=S) groups is 2. The van der Waals surface area contributed by atoms with Gasteiger partial charge in [-0.3, -0.25) is 0 Å². The summed E-state index contributed by atoms with van der Waals surface area (Å²) >= 11 is 9.76. The van der Waals surface area contributed by atoms with Crippen molar-refractivity contribution in [1.29, 1.82) is 0 Å². The number of nitrogens with zero attached hydrogens (tertiary/aromatic N) is 2. The molecular weight excluding hydrogens is 718 g/mol. The van der Waals surface area contributed by atoms with Gasteiger partial charge in [0, 0.05) is 54.4 Å². The van der Waals surface area contributed by atoms with Gasteiger partial charge in [0.15, 0.2) is 5.11 Å². The Morgan fingerprint density at radius 2 is 1.23 bits per heavy atom. The van der Waals surface area contributed by atoms with Crippen LogP contribution >= 0.6 is 34.3 Å². The lowest BCUT2D eigenvalue weighted by Crippen LogP contribution is -2.30. The molecule has 0 radical (unpaired) electrons. The van der Waals surface area contributed by atoms with Crippen LogP contribution in [0.25, 0.3) is 12.2 Å². The van der Waals surface area contributed by atoms with Gasteiger partial charge in [0.05, 0.1) is 10.8 Å². The minimum Gasteiger partial charge on any atom is -0.483 e. The number of hydrogen-bond acceptors (Lipinski definition) is 9. The third-order valence-electron chi connectivity index (χ3n) is 7.36. The molecule has 4 aromatic carbocycles. The quantitative estimate of drug-likeness (QED) is 0.0539. The molecule has 0 spiro atoms. The van der Waals surface area contributed by atoms with Gasteiger partial charge in [-0.2, -0.15) is 14.9 Å². The number of isothiocyanates is 1. The van der Waals surface area contributed by atoms with Crippen molar-refractivity contribution in [3.05, 3.63) is 120 Å². The van der Waals surface area contributed by atoms with Crippen LogP contribution in [0, 0.1) is 0 Å². The van der Waals surface area contributed by atoms with E-state index >= 15 is 0 Å². The third kappa shape index (κ3) is 16.8. The van der Waals surface area contributed by atoms with Crippen molar-refractivity contribution < 1.29 is 9.47 Å². The number of anilines is 3. The molecular formula is C41H54N7O2PS2. The molecule has 1 atom stereocenters. The highest BCUT2D eigenvalue weighted by Crippen LogP contribution is 2.33. The van der Waals surface area contributed by atoms with Crippen LogP contribution in [0.3, 0.4) is 0 Å². The summed E-state index contributed by atoms with van der Waals surface area (Å²) in [5, 5.41) is 9.20. The van der Waals surface area contributed by atoms with E-state index in [4.69, 9.17) is 38.9 Å². The van der Waals surface area contributed by atoms with Crippen LogP contribution in [-0.4, -0.2) is 59.6 Å². The van der Waals surface area contributed by atoms with Crippen LogP contribution in [0.4, 0.5) is 22.7 Å². The van der Waals surface area contributed by atoms with Gasteiger partial charge < -0.3 is 42.2 Å². The minimum absolute atomic E-state index is 0. The summed E-state index contributed by atoms with van der Waals surface area (Å²) in [6.45, 7) is 11.5. The number of para-hydroxylation sites is 2. The molecule has 53 heavy (non-hydrogen) atoms. The maximum absolute atomic E-state index is 5.91. The normalized spacial score (nSPS) is 13.4. The van der Waals surface area contributed by atoms with E-state index in [1.165, 1.54) is 0 Å². The second-order valence-corrected chi connectivity index (χ2v) is 13.6. The molecule has 2 heterocycles. The highest BCUT2D eigenvalue weighted by atomic mass is 32.1. The number of nitrogen functional groups attached to an aromatic ring is 1. The number of fused-ring (bicyclic) bond motifs is 2. The fourth-order valence-electron chi connectivity index (χ4n) is 4.78. The first-order chi connectivity index (χ1) is 24.8. The van der Waals surface area contributed by atoms with Crippen LogP contribution < -0.4 is 37.3 Å². The maximum Gasteiger partial charge on any atom is 0.175 e. The zero-order valence-corrected chi connectivity index (χ0v) is 34.4. The van der Waals surface area contributed by atoms with Crippen LogP contribution in [-0.2, 0) is 0 Å². The van der Waals surface area contributed by atoms with Crippen LogP contribution in [0.15, 0.2) is 114 Å². The highest BCUT2D eigenvalue weighted by molar-refractivity contribution is 7.80. The molecule has 12 heteroatoms. The first-order valence-electron chi connectivity index (χ1n) is 17.0. The summed E-state index contributed by atoms with van der Waals surface area (Å²) in [7, 11) is 2.01. The van der Waals surface area contributed by atoms with Gasteiger partial charge in [-0.05, 0) is 132 Å². The molecule has 0 fully saturated rings. The highest BCUT2D eigenvalue weighted by Gasteiger charge is 2.22. The fourth-order valence-corrected chi connectivity index (χ4v) is 5.12. The average molecular weight is 772 g/mol. The Morgan fingerprint density at radius 3 is 1.75 bits per heavy atom. The summed E-state index contributed by atoms with van der Waals surface area (Å²) in [5.74, 6) is 1.79. The van der Waals surface area contributed by atoms with Crippen molar-refractivity contribution in [1.82, 2.24) is 4.90 Å². The van der Waals surface area contributed by atoms with E-state index in [0.717, 1.165) is 71.6 Å². The molecule has 2 aliphatic rings. The lowest BCUT2D eigenvalue weighted by atomic mass is 10.0. The molecule has 0 saturated heterocycles. The molecule has 9 nitrogen and oxygen atoms in total. The van der Waals surface area contributed by atoms with Gasteiger partial charge in [-0.15, -0.1) is 0 Å². The summed E-state index contributed by atoms with van der Waals surface area (Å²) in [5.41, 5.74) is 21.4. The lowest BCUT2D eigenvalue weighted by molar-refractivity contribution is 0.158. The van der Waals surface area contributed by atoms with Crippen molar-refractivity contribution in [2.45, 2.75) is 38.9 Å². The Labute approximate surface area is 329 Å². The first-order valence-corrected chi connectivity index (χ1v) is 17.8. The number of nitrogens with one attached hydrogen (secondary N) is 2. The second kappa shape index (κ2) is 22.6. The van der Waals surface area contributed by atoms with Gasteiger partial charge in [0.25, 0.3) is 0 Å². The largest absolute Gasteiger partial charge is 0.483 e. The second-order valence-electron chi connectivity index (χ2n) is 13.0. The van der Waals surface area contributed by atoms with Crippen molar-refractivity contribution in [2.24, 2.45) is 16.5 Å². The molecule has 0 saturated carbocycles. The number of nitrogens with two attached hydrogens (primary N) is 3. The lowest BCUT2D eigenvalue weighted by Gasteiger charge is -2.28. The molecule has 6 rings (SSSR count). The molecule has 0 bridgehead atoms. The Kier molecular flexibility index (Phi) is 19.1. The monoisotopic (exact) mass is 771 g/mol. The molecule has 4 aromatic rings. The molecule has 282 valence electrons. The summed E-state index contributed by atoms with van der Waals surface area (Å²) in [4.78, 5) is 5.88. The standard InChI is InChI=1S/C18H18N2OS.C11H13NO.C7H5NS.C5H15N3.H3P/c1-18(2)11-10-13-12-15(8-9-16(13)21-18)20-17(22)19-14-6-4-3-5-7-14;1-11(2)6-5-8-7-9(12)3-4-10(8)13-11;9-6-8-7-4-2-1-3-5-7;1-8(4-2-6)5-3-7;/h3-12H,1-2H3,(H2,19,20,22);3-7H,12H2,1-2H3;1-5H;2-7H2,1H3;1H3. The SMILES string of the molecule is CC1(C)C=Cc2cc(N)ccc2O1.CC1(C)C=Cc2cc(NC(=S)Nc3ccccc3)ccc2O1.CN(CCN)CCN.P.S=C=Nc1ccccc1. The summed E-state index contributed by atoms with van der Waals surface area (Å²) < 4.78 is 11.6. The predicted molar refractivity (Wildman–Crippen MR) is 239 cm³/mol. The number of rotatable bonds is 7. The Balaban J connectivity index is 0.000000267. The van der Waals surface area contributed by atoms with E-state index in [2.05, 4.69) is 56.1 Å². The predicted octanol–water partition coefficient (Wildman–Crippen LogP) is 8.45. The number of aliphatic imine (C=N–C) groups is 1. The van der Waals surface area contributed by atoms with E-state index < -0.39 is 0 Å². The van der Waals surface area contributed by atoms with Gasteiger partial charge in [-0.1, -0.05) is 48.6 Å². The van der Waals surface area contributed by atoms with Gasteiger partial charge >= 0.3 is 0 Å². The van der Waals surface area contributed by atoms with Crippen LogP contribution in [0.2, 0.25) is 0 Å². The van der Waals surface area contributed by atoms with Gasteiger partial charge in [0.1, 0.15) is 22.7 Å². The maximum atomic E-state index is 5.91. The van der Waals surface area contributed by atoms with E-state index in [-0.39, 0.29) is 21.1 Å². The number of benzene rings is 4. The Hall–Kier alpha value is -4.44. The van der Waals surface area contributed by atoms with E-state index in [9.17, 15) is 0 Å². The topological polar surface area (TPSA) is 136 Å². The number of hydrogen-bond donors (Lipinski definition) is 5. The van der Waals surface area contributed by atoms with Crippen LogP contribution in [0.1, 0.15) is 38.8 Å². The van der Waals surface area contributed by atoms with Gasteiger partial charge in [0.2, 0.25) is 0 Å². The minimum atomic E-state index is -0.258. The fraction of sp³-hybridized carbons (Fsp3) is 0.268. The van der Waals surface area contributed by atoms with Gasteiger partial charge in [-0.25, -0.2) is 0 Å². The molecule has 1 unspecified atom stereocenters. The van der Waals surface area contributed by atoms with Crippen LogP contribution in [0.5, 0.6) is 11.5 Å². The Bertz CT molecular complexity index is 1830. The third-order valence-corrected chi connectivity index (χ3v) is 7.66. The van der Waals surface area contributed by atoms with Crippen molar-refractivity contribution >= 4 is 79.5 Å². The summed E-state index contributed by atoms with van der Waals surface area (Å²) in [6, 6.07) is 31.0. The average Bonchev–Trinajstić information content (AvgIpc) is 3.10. The van der Waals surface area contributed by atoms with E-state index in [1.807, 2.05) is 138 Å². The zero-order chi connectivity index (χ0) is 38.0. The zero-order valence-electron chi connectivity index (χ0n) is 31.3.